The van der Waals surface area contributed by atoms with Gasteiger partial charge in [0.1, 0.15) is 5.75 Å². The number of nitrogens with zero attached hydrogens (tertiary/aromatic N) is 1. The predicted molar refractivity (Wildman–Crippen MR) is 107 cm³/mol. The van der Waals surface area contributed by atoms with Crippen molar-refractivity contribution in [3.05, 3.63) is 65.7 Å². The van der Waals surface area contributed by atoms with Gasteiger partial charge >= 0.3 is 0 Å². The molecule has 0 aromatic heterocycles. The molecule has 1 fully saturated rings. The molecule has 0 atom stereocenters. The van der Waals surface area contributed by atoms with E-state index >= 15 is 0 Å². The first-order chi connectivity index (χ1) is 13.6. The number of ether oxygens (including phenoxy) is 1. The van der Waals surface area contributed by atoms with Crippen molar-refractivity contribution in [2.45, 2.75) is 25.7 Å². The summed E-state index contributed by atoms with van der Waals surface area (Å²) in [5.74, 6) is 0.748. The summed E-state index contributed by atoms with van der Waals surface area (Å²) in [4.78, 5) is 39.0. The molecular weight excluding hydrogens is 354 g/mol. The molecule has 0 bridgehead atoms. The van der Waals surface area contributed by atoms with E-state index in [9.17, 15) is 14.4 Å². The number of amides is 1. The smallest absolute Gasteiger partial charge is 0.223 e. The lowest BCUT2D eigenvalue weighted by Crippen LogP contribution is -2.40. The first-order valence-electron chi connectivity index (χ1n) is 9.63. The van der Waals surface area contributed by atoms with Crippen LogP contribution in [0.4, 0.5) is 0 Å². The van der Waals surface area contributed by atoms with Gasteiger partial charge in [0.05, 0.1) is 7.11 Å². The zero-order valence-corrected chi connectivity index (χ0v) is 16.1. The van der Waals surface area contributed by atoms with E-state index in [-0.39, 0.29) is 36.2 Å². The molecule has 2 aromatic rings. The first kappa shape index (κ1) is 19.8. The van der Waals surface area contributed by atoms with Crippen molar-refractivity contribution in [3.8, 4) is 5.75 Å². The van der Waals surface area contributed by atoms with E-state index in [4.69, 9.17) is 4.74 Å². The standard InChI is InChI=1S/C23H25NO4/c1-28-20-9-7-18(8-10-20)23(27)19-13-15-24(16-14-19)22(26)12-11-21(25)17-5-3-2-4-6-17/h2-10,19H,11-16H2,1H3. The van der Waals surface area contributed by atoms with Crippen molar-refractivity contribution in [2.75, 3.05) is 20.2 Å². The predicted octanol–water partition coefficient (Wildman–Crippen LogP) is 3.78. The van der Waals surface area contributed by atoms with Gasteiger partial charge in [0, 0.05) is 43.0 Å². The Morgan fingerprint density at radius 2 is 1.54 bits per heavy atom. The van der Waals surface area contributed by atoms with Crippen molar-refractivity contribution < 1.29 is 19.1 Å². The third-order valence-electron chi connectivity index (χ3n) is 5.25. The Hall–Kier alpha value is -2.95. The largest absolute Gasteiger partial charge is 0.497 e. The highest BCUT2D eigenvalue weighted by molar-refractivity contribution is 5.99. The molecule has 1 aliphatic heterocycles. The number of carbonyl (C=O) groups is 3. The molecule has 3 rings (SSSR count). The average molecular weight is 379 g/mol. The maximum Gasteiger partial charge on any atom is 0.223 e. The van der Waals surface area contributed by atoms with E-state index in [0.29, 0.717) is 37.1 Å². The van der Waals surface area contributed by atoms with Gasteiger partial charge < -0.3 is 9.64 Å². The highest BCUT2D eigenvalue weighted by Gasteiger charge is 2.28. The van der Waals surface area contributed by atoms with E-state index in [1.807, 2.05) is 18.2 Å². The number of rotatable bonds is 7. The Balaban J connectivity index is 1.47. The summed E-state index contributed by atoms with van der Waals surface area (Å²) in [5.41, 5.74) is 1.32. The monoisotopic (exact) mass is 379 g/mol. The Kier molecular flexibility index (Phi) is 6.58. The molecule has 28 heavy (non-hydrogen) atoms. The maximum atomic E-state index is 12.7. The zero-order valence-electron chi connectivity index (χ0n) is 16.1. The van der Waals surface area contributed by atoms with Crippen LogP contribution in [-0.2, 0) is 4.79 Å². The van der Waals surface area contributed by atoms with E-state index in [1.54, 1.807) is 48.4 Å². The lowest BCUT2D eigenvalue weighted by Gasteiger charge is -2.31. The highest BCUT2D eigenvalue weighted by Crippen LogP contribution is 2.23. The number of ketones is 2. The van der Waals surface area contributed by atoms with Crippen LogP contribution in [0.3, 0.4) is 0 Å². The van der Waals surface area contributed by atoms with Crippen LogP contribution in [0.2, 0.25) is 0 Å². The molecule has 1 aliphatic rings. The number of likely N-dealkylation sites (tertiary alicyclic amines) is 1. The van der Waals surface area contributed by atoms with E-state index < -0.39 is 0 Å². The summed E-state index contributed by atoms with van der Waals surface area (Å²) in [6, 6.07) is 16.2. The number of carbonyl (C=O) groups excluding carboxylic acids is 3. The van der Waals surface area contributed by atoms with Crippen molar-refractivity contribution in [1.29, 1.82) is 0 Å². The molecular formula is C23H25NO4. The maximum absolute atomic E-state index is 12.7. The second kappa shape index (κ2) is 9.31. The molecule has 5 heteroatoms. The van der Waals surface area contributed by atoms with Gasteiger partial charge in [-0.05, 0) is 37.1 Å². The number of benzene rings is 2. The molecule has 2 aromatic carbocycles. The third kappa shape index (κ3) is 4.85. The fraction of sp³-hybridized carbons (Fsp3) is 0.348. The van der Waals surface area contributed by atoms with Crippen LogP contribution < -0.4 is 4.74 Å². The molecule has 1 saturated heterocycles. The van der Waals surface area contributed by atoms with Gasteiger partial charge in [0.2, 0.25) is 5.91 Å². The van der Waals surface area contributed by atoms with Crippen LogP contribution in [0, 0.1) is 5.92 Å². The normalized spacial score (nSPS) is 14.5. The van der Waals surface area contributed by atoms with Gasteiger partial charge in [0.15, 0.2) is 11.6 Å². The fourth-order valence-corrected chi connectivity index (χ4v) is 3.53. The molecule has 0 saturated carbocycles. The van der Waals surface area contributed by atoms with Gasteiger partial charge in [-0.2, -0.15) is 0 Å². The summed E-state index contributed by atoms with van der Waals surface area (Å²) in [5, 5.41) is 0. The van der Waals surface area contributed by atoms with Crippen LogP contribution >= 0.6 is 0 Å². The van der Waals surface area contributed by atoms with Gasteiger partial charge in [0.25, 0.3) is 0 Å². The molecule has 0 unspecified atom stereocenters. The minimum absolute atomic E-state index is 0.0142. The van der Waals surface area contributed by atoms with Gasteiger partial charge in [-0.15, -0.1) is 0 Å². The summed E-state index contributed by atoms with van der Waals surface area (Å²) in [6.45, 7) is 1.12. The molecule has 0 aliphatic carbocycles. The van der Waals surface area contributed by atoms with Crippen LogP contribution in [-0.4, -0.2) is 42.6 Å². The topological polar surface area (TPSA) is 63.7 Å². The Labute approximate surface area is 165 Å². The molecule has 0 radical (unpaired) electrons. The lowest BCUT2D eigenvalue weighted by molar-refractivity contribution is -0.132. The zero-order chi connectivity index (χ0) is 19.9. The summed E-state index contributed by atoms with van der Waals surface area (Å²) >= 11 is 0. The summed E-state index contributed by atoms with van der Waals surface area (Å²) in [6.07, 6.45) is 1.74. The summed E-state index contributed by atoms with van der Waals surface area (Å²) in [7, 11) is 1.59. The van der Waals surface area contributed by atoms with Crippen molar-refractivity contribution in [1.82, 2.24) is 4.90 Å². The van der Waals surface area contributed by atoms with Crippen molar-refractivity contribution in [2.24, 2.45) is 5.92 Å². The third-order valence-corrected chi connectivity index (χ3v) is 5.25. The van der Waals surface area contributed by atoms with E-state index in [1.165, 1.54) is 0 Å². The Bertz CT molecular complexity index is 821. The van der Waals surface area contributed by atoms with Crippen LogP contribution in [0.25, 0.3) is 0 Å². The first-order valence-corrected chi connectivity index (χ1v) is 9.63. The molecule has 0 spiro atoms. The fourth-order valence-electron chi connectivity index (χ4n) is 3.53. The Morgan fingerprint density at radius 3 is 2.14 bits per heavy atom. The van der Waals surface area contributed by atoms with E-state index in [0.717, 1.165) is 5.75 Å². The van der Waals surface area contributed by atoms with Crippen molar-refractivity contribution in [3.63, 3.8) is 0 Å². The van der Waals surface area contributed by atoms with E-state index in [2.05, 4.69) is 0 Å². The number of methoxy groups -OCH3 is 1. The molecule has 5 nitrogen and oxygen atoms in total. The number of hydrogen-bond acceptors (Lipinski definition) is 4. The highest BCUT2D eigenvalue weighted by atomic mass is 16.5. The average Bonchev–Trinajstić information content (AvgIpc) is 2.77. The molecule has 1 amide bonds. The van der Waals surface area contributed by atoms with Crippen LogP contribution in [0.1, 0.15) is 46.4 Å². The Morgan fingerprint density at radius 1 is 0.893 bits per heavy atom. The van der Waals surface area contributed by atoms with Gasteiger partial charge in [-0.1, -0.05) is 30.3 Å². The van der Waals surface area contributed by atoms with Crippen LogP contribution in [0.15, 0.2) is 54.6 Å². The minimum atomic E-state index is -0.0663. The molecule has 146 valence electrons. The SMILES string of the molecule is COc1ccc(C(=O)C2CCN(C(=O)CCC(=O)c3ccccc3)CC2)cc1. The molecule has 1 heterocycles. The number of hydrogen-bond donors (Lipinski definition) is 0. The number of Topliss-reactive ketones (excluding diaryl/α,β-unsaturated/α-hetero) is 2. The minimum Gasteiger partial charge on any atom is -0.497 e. The van der Waals surface area contributed by atoms with Gasteiger partial charge in [-0.25, -0.2) is 0 Å². The number of piperidine rings is 1. The second-order valence-corrected chi connectivity index (χ2v) is 7.04. The van der Waals surface area contributed by atoms with Crippen molar-refractivity contribution >= 4 is 17.5 Å². The summed E-state index contributed by atoms with van der Waals surface area (Å²) < 4.78 is 5.12. The lowest BCUT2D eigenvalue weighted by atomic mass is 9.88. The molecule has 0 N–H and O–H groups in total. The van der Waals surface area contributed by atoms with Crippen LogP contribution in [0.5, 0.6) is 5.75 Å². The second-order valence-electron chi connectivity index (χ2n) is 7.04. The quantitative estimate of drug-likeness (QED) is 0.687. The van der Waals surface area contributed by atoms with Gasteiger partial charge in [-0.3, -0.25) is 14.4 Å².